The molecule has 3 rings (SSSR count). The molecule has 182 valence electrons. The molecular weight excluding hydrogens is 436 g/mol. The van der Waals surface area contributed by atoms with Crippen LogP contribution in [0.15, 0.2) is 84.5 Å². The van der Waals surface area contributed by atoms with Gasteiger partial charge in [-0.15, -0.1) is 0 Å². The summed E-state index contributed by atoms with van der Waals surface area (Å²) in [6.07, 6.45) is 6.58. The number of aromatic hydroxyl groups is 1. The van der Waals surface area contributed by atoms with Crippen LogP contribution in [-0.2, 0) is 11.2 Å². The quantitative estimate of drug-likeness (QED) is 0.263. The highest BCUT2D eigenvalue weighted by molar-refractivity contribution is 5.95. The lowest BCUT2D eigenvalue weighted by atomic mass is 9.79. The van der Waals surface area contributed by atoms with Crippen LogP contribution in [0.25, 0.3) is 6.08 Å². The lowest BCUT2D eigenvalue weighted by Crippen LogP contribution is -2.15. The number of esters is 1. The molecule has 3 aromatic carbocycles. The van der Waals surface area contributed by atoms with Gasteiger partial charge in [0.1, 0.15) is 17.1 Å². The lowest BCUT2D eigenvalue weighted by molar-refractivity contribution is 0.0595. The van der Waals surface area contributed by atoms with Gasteiger partial charge in [-0.3, -0.25) is 0 Å². The van der Waals surface area contributed by atoms with Gasteiger partial charge in [0.15, 0.2) is 0 Å². The second-order valence-electron chi connectivity index (χ2n) is 8.84. The summed E-state index contributed by atoms with van der Waals surface area (Å²) < 4.78 is 10.8. The third-order valence-electron chi connectivity index (χ3n) is 6.24. The topological polar surface area (TPSA) is 55.8 Å². The highest BCUT2D eigenvalue weighted by atomic mass is 16.5. The highest BCUT2D eigenvalue weighted by Crippen LogP contribution is 2.43. The van der Waals surface area contributed by atoms with Crippen molar-refractivity contribution in [3.8, 4) is 11.5 Å². The first-order valence-electron chi connectivity index (χ1n) is 11.8. The summed E-state index contributed by atoms with van der Waals surface area (Å²) in [5.74, 6) is -0.351. The highest BCUT2D eigenvalue weighted by Gasteiger charge is 2.30. The number of ether oxygens (including phenoxy) is 2. The summed E-state index contributed by atoms with van der Waals surface area (Å²) in [4.78, 5) is 13.0. The first-order valence-corrected chi connectivity index (χ1v) is 11.8. The molecule has 4 heteroatoms. The minimum absolute atomic E-state index is 0.00677. The molecule has 0 aliphatic rings. The van der Waals surface area contributed by atoms with Crippen molar-refractivity contribution in [2.24, 2.45) is 0 Å². The molecule has 4 nitrogen and oxygen atoms in total. The van der Waals surface area contributed by atoms with Crippen molar-refractivity contribution < 1.29 is 19.4 Å². The first-order chi connectivity index (χ1) is 16.9. The third kappa shape index (κ3) is 6.21. The van der Waals surface area contributed by atoms with E-state index in [0.717, 1.165) is 16.7 Å². The summed E-state index contributed by atoms with van der Waals surface area (Å²) in [5, 5.41) is 11.3. The van der Waals surface area contributed by atoms with Crippen LogP contribution in [0.3, 0.4) is 0 Å². The van der Waals surface area contributed by atoms with Crippen molar-refractivity contribution >= 4 is 12.0 Å². The van der Waals surface area contributed by atoms with E-state index in [-0.39, 0.29) is 23.1 Å². The van der Waals surface area contributed by atoms with Gasteiger partial charge in [-0.05, 0) is 48.9 Å². The zero-order valence-electron chi connectivity index (χ0n) is 21.1. The number of hydrogen-bond acceptors (Lipinski definition) is 4. The first kappa shape index (κ1) is 25.8. The van der Waals surface area contributed by atoms with Crippen LogP contribution in [0.4, 0.5) is 0 Å². The van der Waals surface area contributed by atoms with Gasteiger partial charge < -0.3 is 14.6 Å². The third-order valence-corrected chi connectivity index (χ3v) is 6.24. The van der Waals surface area contributed by atoms with Crippen molar-refractivity contribution in [1.82, 2.24) is 0 Å². The zero-order valence-corrected chi connectivity index (χ0v) is 21.1. The Balaban J connectivity index is 2.25. The van der Waals surface area contributed by atoms with Gasteiger partial charge in [0.25, 0.3) is 0 Å². The molecule has 0 bridgehead atoms. The van der Waals surface area contributed by atoms with Gasteiger partial charge in [-0.1, -0.05) is 91.4 Å². The Hall–Kier alpha value is -3.79. The average Bonchev–Trinajstić information content (AvgIpc) is 2.88. The standard InChI is InChI=1S/C31H34O4/c1-21(2)16-18-26-28(34-4)20-27(29(30(26)32)31(33)35-5)25(19-17-23-12-8-6-9-13-23)22(3)24-14-10-7-11-15-24/h6-17,19-20,22,25,32H,18H2,1-5H3/b19-17+. The number of allylic oxidation sites excluding steroid dienone is 3. The number of phenolic OH excluding ortho intramolecular Hbond substituents is 1. The van der Waals surface area contributed by atoms with E-state index in [1.54, 1.807) is 7.11 Å². The second kappa shape index (κ2) is 12.1. The van der Waals surface area contributed by atoms with Gasteiger partial charge >= 0.3 is 5.97 Å². The Labute approximate surface area is 208 Å². The molecule has 3 aromatic rings. The lowest BCUT2D eigenvalue weighted by Gasteiger charge is -2.26. The molecule has 0 heterocycles. The van der Waals surface area contributed by atoms with Crippen molar-refractivity contribution in [2.75, 3.05) is 14.2 Å². The van der Waals surface area contributed by atoms with Gasteiger partial charge in [0.2, 0.25) is 0 Å². The summed E-state index contributed by atoms with van der Waals surface area (Å²) in [7, 11) is 2.92. The normalized spacial score (nSPS) is 12.7. The van der Waals surface area contributed by atoms with Crippen LogP contribution >= 0.6 is 0 Å². The maximum absolute atomic E-state index is 13.0. The van der Waals surface area contributed by atoms with Crippen LogP contribution in [0.1, 0.15) is 65.2 Å². The molecule has 0 amide bonds. The van der Waals surface area contributed by atoms with Crippen molar-refractivity contribution in [3.05, 3.63) is 112 Å². The number of rotatable bonds is 9. The Bertz CT molecular complexity index is 1190. The van der Waals surface area contributed by atoms with Crippen LogP contribution in [-0.4, -0.2) is 25.3 Å². The summed E-state index contributed by atoms with van der Waals surface area (Å²) >= 11 is 0. The van der Waals surface area contributed by atoms with E-state index in [0.29, 0.717) is 23.3 Å². The van der Waals surface area contributed by atoms with E-state index in [4.69, 9.17) is 9.47 Å². The summed E-state index contributed by atoms with van der Waals surface area (Å²) in [6, 6.07) is 22.0. The molecule has 0 aliphatic carbocycles. The Morgan fingerprint density at radius 2 is 1.63 bits per heavy atom. The van der Waals surface area contributed by atoms with Crippen LogP contribution < -0.4 is 4.74 Å². The van der Waals surface area contributed by atoms with Crippen molar-refractivity contribution in [3.63, 3.8) is 0 Å². The zero-order chi connectivity index (χ0) is 25.4. The number of methoxy groups -OCH3 is 2. The SMILES string of the molecule is COC(=O)c1c(C(/C=C/c2ccccc2)C(C)c2ccccc2)cc(OC)c(CC=C(C)C)c1O. The average molecular weight is 471 g/mol. The van der Waals surface area contributed by atoms with Crippen molar-refractivity contribution in [1.29, 1.82) is 0 Å². The molecule has 1 N–H and O–H groups in total. The van der Waals surface area contributed by atoms with E-state index in [1.807, 2.05) is 80.6 Å². The van der Waals surface area contributed by atoms with Crippen LogP contribution in [0.2, 0.25) is 0 Å². The molecule has 35 heavy (non-hydrogen) atoms. The Morgan fingerprint density at radius 1 is 1.00 bits per heavy atom. The molecule has 0 saturated heterocycles. The fraction of sp³-hybridized carbons (Fsp3) is 0.258. The molecule has 0 spiro atoms. The van der Waals surface area contributed by atoms with Crippen LogP contribution in [0.5, 0.6) is 11.5 Å². The maximum Gasteiger partial charge on any atom is 0.341 e. The number of hydrogen-bond donors (Lipinski definition) is 1. The number of phenols is 1. The molecule has 0 aliphatic heterocycles. The monoisotopic (exact) mass is 470 g/mol. The fourth-order valence-electron chi connectivity index (χ4n) is 4.25. The largest absolute Gasteiger partial charge is 0.507 e. The van der Waals surface area contributed by atoms with E-state index >= 15 is 0 Å². The number of carbonyl (C=O) groups is 1. The fourth-order valence-corrected chi connectivity index (χ4v) is 4.25. The summed E-state index contributed by atoms with van der Waals surface area (Å²) in [6.45, 7) is 6.10. The predicted molar refractivity (Wildman–Crippen MR) is 142 cm³/mol. The minimum Gasteiger partial charge on any atom is -0.507 e. The molecule has 0 aromatic heterocycles. The molecule has 0 saturated carbocycles. The Kier molecular flexibility index (Phi) is 8.91. The van der Waals surface area contributed by atoms with Gasteiger partial charge in [0.05, 0.1) is 14.2 Å². The molecule has 0 radical (unpaired) electrons. The van der Waals surface area contributed by atoms with Gasteiger partial charge in [0, 0.05) is 11.5 Å². The van der Waals surface area contributed by atoms with E-state index < -0.39 is 5.97 Å². The van der Waals surface area contributed by atoms with E-state index in [2.05, 4.69) is 25.1 Å². The molecule has 2 unspecified atom stereocenters. The predicted octanol–water partition coefficient (Wildman–Crippen LogP) is 7.30. The molecular formula is C31H34O4. The minimum atomic E-state index is -0.572. The van der Waals surface area contributed by atoms with Gasteiger partial charge in [-0.2, -0.15) is 0 Å². The molecule has 2 atom stereocenters. The summed E-state index contributed by atoms with van der Waals surface area (Å²) in [5.41, 5.74) is 4.69. The smallest absolute Gasteiger partial charge is 0.341 e. The van der Waals surface area contributed by atoms with E-state index in [1.165, 1.54) is 7.11 Å². The maximum atomic E-state index is 13.0. The number of carbonyl (C=O) groups excluding carboxylic acids is 1. The van der Waals surface area contributed by atoms with E-state index in [9.17, 15) is 9.90 Å². The van der Waals surface area contributed by atoms with Crippen LogP contribution in [0, 0.1) is 0 Å². The number of benzene rings is 3. The van der Waals surface area contributed by atoms with Crippen molar-refractivity contribution in [2.45, 2.75) is 39.0 Å². The second-order valence-corrected chi connectivity index (χ2v) is 8.84. The Morgan fingerprint density at radius 3 is 2.20 bits per heavy atom. The molecule has 0 fully saturated rings. The van der Waals surface area contributed by atoms with Gasteiger partial charge in [-0.25, -0.2) is 4.79 Å².